The van der Waals surface area contributed by atoms with Gasteiger partial charge in [0.25, 0.3) is 5.91 Å². The van der Waals surface area contributed by atoms with E-state index in [-0.39, 0.29) is 29.3 Å². The number of H-pyrrole nitrogens is 1. The lowest BCUT2D eigenvalue weighted by Crippen LogP contribution is -2.46. The fourth-order valence-electron chi connectivity index (χ4n) is 4.89. The van der Waals surface area contributed by atoms with Crippen LogP contribution in [0.25, 0.3) is 33.1 Å². The normalized spacial score (nSPS) is 20.8. The predicted molar refractivity (Wildman–Crippen MR) is 115 cm³/mol. The number of morpholine rings is 1. The van der Waals surface area contributed by atoms with Crippen molar-refractivity contribution < 1.29 is 22.7 Å². The minimum absolute atomic E-state index is 0.0145. The van der Waals surface area contributed by atoms with E-state index in [4.69, 9.17) is 4.74 Å². The number of carbonyl (C=O) groups is 1. The molecular formula is C23H20F3N5O2. The molecule has 10 heteroatoms. The van der Waals surface area contributed by atoms with E-state index in [0.29, 0.717) is 29.7 Å². The maximum absolute atomic E-state index is 13.3. The van der Waals surface area contributed by atoms with E-state index in [9.17, 15) is 18.0 Å². The van der Waals surface area contributed by atoms with Gasteiger partial charge in [0.2, 0.25) is 0 Å². The summed E-state index contributed by atoms with van der Waals surface area (Å²) in [4.78, 5) is 22.3. The zero-order valence-electron chi connectivity index (χ0n) is 17.5. The second kappa shape index (κ2) is 7.31. The Morgan fingerprint density at radius 1 is 1.15 bits per heavy atom. The number of hydrogen-bond acceptors (Lipinski definition) is 4. The number of amides is 1. The molecule has 2 unspecified atom stereocenters. The number of nitrogens with zero attached hydrogens (tertiary/aromatic N) is 4. The topological polar surface area (TPSA) is 76.0 Å². The molecule has 1 amide bonds. The molecule has 6 rings (SSSR count). The van der Waals surface area contributed by atoms with Crippen molar-refractivity contribution in [3.8, 4) is 11.3 Å². The van der Waals surface area contributed by atoms with Crippen molar-refractivity contribution in [1.82, 2.24) is 24.6 Å². The monoisotopic (exact) mass is 455 g/mol. The van der Waals surface area contributed by atoms with E-state index in [1.807, 2.05) is 24.3 Å². The number of carbonyl (C=O) groups excluding carboxylic acids is 1. The molecule has 1 aromatic carbocycles. The van der Waals surface area contributed by atoms with Crippen LogP contribution in [-0.4, -0.2) is 62.0 Å². The summed E-state index contributed by atoms with van der Waals surface area (Å²) in [5, 5.41) is 5.61. The molecule has 2 saturated heterocycles. The van der Waals surface area contributed by atoms with Crippen molar-refractivity contribution in [1.29, 1.82) is 0 Å². The smallest absolute Gasteiger partial charge is 0.371 e. The first-order valence-corrected chi connectivity index (χ1v) is 10.8. The number of alkyl halides is 3. The molecule has 0 spiro atoms. The molecule has 2 atom stereocenters. The molecule has 5 heterocycles. The summed E-state index contributed by atoms with van der Waals surface area (Å²) in [6, 6.07) is 8.93. The first-order chi connectivity index (χ1) is 15.9. The molecule has 4 aromatic rings. The van der Waals surface area contributed by atoms with Gasteiger partial charge in [0.05, 0.1) is 17.7 Å². The maximum atomic E-state index is 13.3. The second-order valence-electron chi connectivity index (χ2n) is 8.62. The van der Waals surface area contributed by atoms with Gasteiger partial charge in [0.1, 0.15) is 17.9 Å². The minimum Gasteiger partial charge on any atom is -0.371 e. The molecule has 1 N–H and O–H groups in total. The van der Waals surface area contributed by atoms with Gasteiger partial charge in [-0.15, -0.1) is 0 Å². The van der Waals surface area contributed by atoms with Crippen LogP contribution in [0.3, 0.4) is 0 Å². The third-order valence-corrected chi connectivity index (χ3v) is 6.36. The molecule has 3 aromatic heterocycles. The van der Waals surface area contributed by atoms with Gasteiger partial charge in [-0.1, -0.05) is 18.2 Å². The molecule has 2 aliphatic rings. The van der Waals surface area contributed by atoms with Crippen LogP contribution in [0.4, 0.5) is 13.2 Å². The molecule has 0 radical (unpaired) electrons. The van der Waals surface area contributed by atoms with Crippen molar-refractivity contribution in [3.63, 3.8) is 0 Å². The number of aromatic amines is 1. The Morgan fingerprint density at radius 3 is 2.67 bits per heavy atom. The van der Waals surface area contributed by atoms with Gasteiger partial charge in [0, 0.05) is 47.3 Å². The SMILES string of the molecule is O=C(c1cc2c(cn1)c(-c1c[nH]c3ccccc13)nn2CC(F)(F)F)N1CC2CCC(C1)O2. The predicted octanol–water partition coefficient (Wildman–Crippen LogP) is 4.15. The Balaban J connectivity index is 1.45. The van der Waals surface area contributed by atoms with E-state index in [1.165, 1.54) is 12.3 Å². The largest absolute Gasteiger partial charge is 0.408 e. The van der Waals surface area contributed by atoms with Crippen molar-refractivity contribution in [2.24, 2.45) is 0 Å². The first kappa shape index (κ1) is 20.2. The van der Waals surface area contributed by atoms with Gasteiger partial charge >= 0.3 is 6.18 Å². The molecular weight excluding hydrogens is 435 g/mol. The summed E-state index contributed by atoms with van der Waals surface area (Å²) in [5.74, 6) is -0.300. The molecule has 2 aliphatic heterocycles. The quantitative estimate of drug-likeness (QED) is 0.504. The number of benzene rings is 1. The summed E-state index contributed by atoms with van der Waals surface area (Å²) in [7, 11) is 0. The summed E-state index contributed by atoms with van der Waals surface area (Å²) < 4.78 is 46.7. The Morgan fingerprint density at radius 2 is 1.91 bits per heavy atom. The summed E-state index contributed by atoms with van der Waals surface area (Å²) in [6.07, 6.45) is 0.566. The van der Waals surface area contributed by atoms with Gasteiger partial charge in [-0.25, -0.2) is 0 Å². The second-order valence-corrected chi connectivity index (χ2v) is 8.62. The van der Waals surface area contributed by atoms with Gasteiger partial charge < -0.3 is 14.6 Å². The fraction of sp³-hybridized carbons (Fsp3) is 0.348. The maximum Gasteiger partial charge on any atom is 0.408 e. The third kappa shape index (κ3) is 3.54. The molecule has 7 nitrogen and oxygen atoms in total. The highest BCUT2D eigenvalue weighted by Crippen LogP contribution is 2.34. The van der Waals surface area contributed by atoms with Crippen molar-refractivity contribution in [2.45, 2.75) is 37.8 Å². The standard InChI is InChI=1S/C23H20F3N5O2/c24-23(25,26)12-31-20-7-19(22(32)30-10-13-5-6-14(11-30)33-13)28-9-17(20)21(29-31)16-8-27-18-4-2-1-3-15(16)18/h1-4,7-9,13-14,27H,5-6,10-12H2. The lowest BCUT2D eigenvalue weighted by Gasteiger charge is -2.31. The Bertz CT molecular complexity index is 1360. The zero-order valence-corrected chi connectivity index (χ0v) is 17.5. The van der Waals surface area contributed by atoms with Crippen LogP contribution in [0.2, 0.25) is 0 Å². The number of likely N-dealkylation sites (tertiary alicyclic amines) is 1. The molecule has 170 valence electrons. The lowest BCUT2D eigenvalue weighted by atomic mass is 10.1. The molecule has 0 saturated carbocycles. The Kier molecular flexibility index (Phi) is 4.48. The van der Waals surface area contributed by atoms with E-state index < -0.39 is 12.7 Å². The minimum atomic E-state index is -4.47. The number of hydrogen-bond donors (Lipinski definition) is 1. The Labute approximate surface area is 186 Å². The number of halogens is 3. The highest BCUT2D eigenvalue weighted by Gasteiger charge is 2.37. The average Bonchev–Trinajstić information content (AvgIpc) is 3.47. The van der Waals surface area contributed by atoms with Crippen LogP contribution in [0.5, 0.6) is 0 Å². The fourth-order valence-corrected chi connectivity index (χ4v) is 4.89. The lowest BCUT2D eigenvalue weighted by molar-refractivity contribution is -0.141. The van der Waals surface area contributed by atoms with E-state index in [2.05, 4.69) is 15.1 Å². The summed E-state index contributed by atoms with van der Waals surface area (Å²) in [5.41, 5.74) is 2.26. The van der Waals surface area contributed by atoms with Gasteiger partial charge in [-0.05, 0) is 25.0 Å². The van der Waals surface area contributed by atoms with Crippen molar-refractivity contribution in [3.05, 3.63) is 48.4 Å². The van der Waals surface area contributed by atoms with Gasteiger partial charge in [-0.2, -0.15) is 18.3 Å². The molecule has 33 heavy (non-hydrogen) atoms. The number of fused-ring (bicyclic) bond motifs is 4. The van der Waals surface area contributed by atoms with Crippen LogP contribution in [0.1, 0.15) is 23.3 Å². The number of aromatic nitrogens is 4. The van der Waals surface area contributed by atoms with Gasteiger partial charge in [-0.3, -0.25) is 14.5 Å². The average molecular weight is 455 g/mol. The van der Waals surface area contributed by atoms with E-state index in [1.54, 1.807) is 11.1 Å². The van der Waals surface area contributed by atoms with Crippen LogP contribution in [0.15, 0.2) is 42.7 Å². The first-order valence-electron chi connectivity index (χ1n) is 10.8. The molecule has 0 aliphatic carbocycles. The van der Waals surface area contributed by atoms with Crippen molar-refractivity contribution in [2.75, 3.05) is 13.1 Å². The van der Waals surface area contributed by atoms with Crippen LogP contribution < -0.4 is 0 Å². The third-order valence-electron chi connectivity index (χ3n) is 6.36. The number of para-hydroxylation sites is 1. The van der Waals surface area contributed by atoms with Crippen LogP contribution >= 0.6 is 0 Å². The van der Waals surface area contributed by atoms with E-state index >= 15 is 0 Å². The van der Waals surface area contributed by atoms with Crippen molar-refractivity contribution >= 4 is 27.7 Å². The van der Waals surface area contributed by atoms with Crippen LogP contribution in [-0.2, 0) is 11.3 Å². The molecule has 2 bridgehead atoms. The summed E-state index contributed by atoms with van der Waals surface area (Å²) in [6.45, 7) is -0.319. The number of pyridine rings is 1. The van der Waals surface area contributed by atoms with Crippen LogP contribution in [0, 0.1) is 0 Å². The number of nitrogens with one attached hydrogen (secondary N) is 1. The molecule has 2 fully saturated rings. The summed E-state index contributed by atoms with van der Waals surface area (Å²) >= 11 is 0. The zero-order chi connectivity index (χ0) is 22.7. The highest BCUT2D eigenvalue weighted by molar-refractivity contribution is 6.04. The highest BCUT2D eigenvalue weighted by atomic mass is 19.4. The van der Waals surface area contributed by atoms with E-state index in [0.717, 1.165) is 28.4 Å². The van der Waals surface area contributed by atoms with Gasteiger partial charge in [0.15, 0.2) is 0 Å². The Hall–Kier alpha value is -3.40. The number of ether oxygens (including phenoxy) is 1. The number of rotatable bonds is 3.